The van der Waals surface area contributed by atoms with Crippen molar-refractivity contribution in [1.29, 1.82) is 0 Å². The summed E-state index contributed by atoms with van der Waals surface area (Å²) < 4.78 is 18.4. The van der Waals surface area contributed by atoms with E-state index in [0.717, 1.165) is 0 Å². The number of hydrogen-bond acceptors (Lipinski definition) is 7. The minimum absolute atomic E-state index is 0.203. The van der Waals surface area contributed by atoms with Crippen LogP contribution in [-0.2, 0) is 6.61 Å². The SMILES string of the molecule is CSc1nnc(-c2ccco2)n1/N=C/c1ccc(COc2cccc(Cl)c2Cl)o1. The second-order valence-electron chi connectivity index (χ2n) is 5.69. The van der Waals surface area contributed by atoms with E-state index in [-0.39, 0.29) is 6.61 Å². The first-order valence-electron chi connectivity index (χ1n) is 8.39. The van der Waals surface area contributed by atoms with E-state index >= 15 is 0 Å². The Balaban J connectivity index is 1.49. The lowest BCUT2D eigenvalue weighted by atomic mass is 10.3. The maximum Gasteiger partial charge on any atom is 0.221 e. The first-order valence-corrected chi connectivity index (χ1v) is 10.4. The highest BCUT2D eigenvalue weighted by Crippen LogP contribution is 2.32. The summed E-state index contributed by atoms with van der Waals surface area (Å²) in [4.78, 5) is 0. The lowest BCUT2D eigenvalue weighted by Crippen LogP contribution is -1.96. The Morgan fingerprint density at radius 2 is 2.07 bits per heavy atom. The van der Waals surface area contributed by atoms with Crippen molar-refractivity contribution in [2.75, 3.05) is 6.26 Å². The average Bonchev–Trinajstić information content (AvgIpc) is 3.47. The van der Waals surface area contributed by atoms with E-state index in [1.165, 1.54) is 11.8 Å². The lowest BCUT2D eigenvalue weighted by molar-refractivity contribution is 0.270. The molecule has 7 nitrogen and oxygen atoms in total. The summed E-state index contributed by atoms with van der Waals surface area (Å²) in [6, 6.07) is 12.4. The van der Waals surface area contributed by atoms with Gasteiger partial charge in [0.1, 0.15) is 28.9 Å². The van der Waals surface area contributed by atoms with Gasteiger partial charge in [-0.3, -0.25) is 0 Å². The Hall–Kier alpha value is -2.68. The fourth-order valence-electron chi connectivity index (χ4n) is 2.46. The molecule has 0 aliphatic rings. The molecule has 148 valence electrons. The third-order valence-corrected chi connectivity index (χ3v) is 5.23. The monoisotopic (exact) mass is 448 g/mol. The van der Waals surface area contributed by atoms with Crippen LogP contribution in [0, 0.1) is 0 Å². The molecule has 1 aromatic carbocycles. The van der Waals surface area contributed by atoms with E-state index in [9.17, 15) is 0 Å². The summed E-state index contributed by atoms with van der Waals surface area (Å²) in [5.41, 5.74) is 0. The molecule has 3 aromatic heterocycles. The van der Waals surface area contributed by atoms with Gasteiger partial charge >= 0.3 is 0 Å². The summed E-state index contributed by atoms with van der Waals surface area (Å²) in [5, 5.41) is 14.1. The highest BCUT2D eigenvalue weighted by atomic mass is 35.5. The van der Waals surface area contributed by atoms with Crippen LogP contribution >= 0.6 is 35.0 Å². The van der Waals surface area contributed by atoms with E-state index < -0.39 is 0 Å². The normalized spacial score (nSPS) is 11.4. The van der Waals surface area contributed by atoms with Crippen molar-refractivity contribution in [3.8, 4) is 17.3 Å². The zero-order valence-electron chi connectivity index (χ0n) is 15.1. The fourth-order valence-corrected chi connectivity index (χ4v) is 3.23. The Morgan fingerprint density at radius 3 is 2.86 bits per heavy atom. The Labute approximate surface area is 180 Å². The zero-order valence-corrected chi connectivity index (χ0v) is 17.4. The summed E-state index contributed by atoms with van der Waals surface area (Å²) in [6.45, 7) is 0.203. The van der Waals surface area contributed by atoms with Gasteiger partial charge in [-0.2, -0.15) is 9.78 Å². The second-order valence-corrected chi connectivity index (χ2v) is 7.25. The molecule has 3 heterocycles. The number of nitrogens with zero attached hydrogens (tertiary/aromatic N) is 4. The van der Waals surface area contributed by atoms with Crippen molar-refractivity contribution in [2.45, 2.75) is 11.8 Å². The number of benzene rings is 1. The lowest BCUT2D eigenvalue weighted by Gasteiger charge is -2.06. The van der Waals surface area contributed by atoms with Gasteiger partial charge in [-0.05, 0) is 42.7 Å². The van der Waals surface area contributed by atoms with Crippen molar-refractivity contribution in [1.82, 2.24) is 14.9 Å². The summed E-state index contributed by atoms with van der Waals surface area (Å²) in [7, 11) is 0. The molecule has 4 rings (SSSR count). The highest BCUT2D eigenvalue weighted by Gasteiger charge is 2.15. The minimum atomic E-state index is 0.203. The predicted octanol–water partition coefficient (Wildman–Crippen LogP) is 5.62. The molecule has 0 aliphatic carbocycles. The van der Waals surface area contributed by atoms with E-state index in [1.807, 2.05) is 6.26 Å². The van der Waals surface area contributed by atoms with Gasteiger partial charge in [-0.25, -0.2) is 0 Å². The molecule has 0 unspecified atom stereocenters. The van der Waals surface area contributed by atoms with E-state index in [4.69, 9.17) is 36.8 Å². The fraction of sp³-hybridized carbons (Fsp3) is 0.105. The van der Waals surface area contributed by atoms with Crippen LogP contribution in [0.15, 0.2) is 67.8 Å². The molecule has 0 fully saturated rings. The topological polar surface area (TPSA) is 78.6 Å². The molecule has 0 N–H and O–H groups in total. The largest absolute Gasteiger partial charge is 0.484 e. The second kappa shape index (κ2) is 8.77. The minimum Gasteiger partial charge on any atom is -0.484 e. The van der Waals surface area contributed by atoms with Crippen LogP contribution < -0.4 is 4.74 Å². The Bertz CT molecular complexity index is 1140. The smallest absolute Gasteiger partial charge is 0.221 e. The van der Waals surface area contributed by atoms with Crippen molar-refractivity contribution in [3.63, 3.8) is 0 Å². The average molecular weight is 449 g/mol. The number of halogens is 2. The van der Waals surface area contributed by atoms with Crippen LogP contribution in [0.4, 0.5) is 0 Å². The van der Waals surface area contributed by atoms with Crippen LogP contribution in [-0.4, -0.2) is 27.3 Å². The molecule has 0 atom stereocenters. The van der Waals surface area contributed by atoms with Crippen molar-refractivity contribution in [2.24, 2.45) is 5.10 Å². The molecule has 0 saturated carbocycles. The number of aromatic nitrogens is 3. The first-order chi connectivity index (χ1) is 14.2. The van der Waals surface area contributed by atoms with Crippen LogP contribution in [0.5, 0.6) is 5.75 Å². The van der Waals surface area contributed by atoms with Gasteiger partial charge in [0, 0.05) is 0 Å². The van der Waals surface area contributed by atoms with Crippen molar-refractivity contribution < 1.29 is 13.6 Å². The van der Waals surface area contributed by atoms with Gasteiger partial charge in [0.15, 0.2) is 5.76 Å². The van der Waals surface area contributed by atoms with E-state index in [2.05, 4.69) is 15.3 Å². The Morgan fingerprint density at radius 1 is 1.17 bits per heavy atom. The molecule has 10 heteroatoms. The summed E-state index contributed by atoms with van der Waals surface area (Å²) in [6.07, 6.45) is 5.04. The molecule has 0 aliphatic heterocycles. The molecule has 4 aromatic rings. The van der Waals surface area contributed by atoms with Crippen LogP contribution in [0.2, 0.25) is 10.0 Å². The molecule has 0 spiro atoms. The van der Waals surface area contributed by atoms with Gasteiger partial charge in [-0.1, -0.05) is 41.0 Å². The van der Waals surface area contributed by atoms with Gasteiger partial charge in [-0.15, -0.1) is 10.2 Å². The number of furan rings is 2. The maximum atomic E-state index is 6.12. The van der Waals surface area contributed by atoms with E-state index in [0.29, 0.717) is 44.1 Å². The zero-order chi connectivity index (χ0) is 20.2. The third-order valence-electron chi connectivity index (χ3n) is 3.81. The van der Waals surface area contributed by atoms with Crippen molar-refractivity contribution >= 4 is 41.2 Å². The van der Waals surface area contributed by atoms with Gasteiger partial charge in [0.05, 0.1) is 17.5 Å². The maximum absolute atomic E-state index is 6.12. The standard InChI is InChI=1S/C19H14Cl2N4O3S/c1-29-19-24-23-18(16-6-3-9-26-16)25(19)22-10-12-7-8-13(28-12)11-27-15-5-2-4-14(20)17(15)21/h2-10H,11H2,1H3/b22-10+. The summed E-state index contributed by atoms with van der Waals surface area (Å²) >= 11 is 13.5. The van der Waals surface area contributed by atoms with Gasteiger partial charge in [0.2, 0.25) is 11.0 Å². The molecule has 0 amide bonds. The number of ether oxygens (including phenoxy) is 1. The summed E-state index contributed by atoms with van der Waals surface area (Å²) in [5.74, 6) is 2.72. The first kappa shape index (κ1) is 19.6. The molecule has 0 saturated heterocycles. The molecular formula is C19H14Cl2N4O3S. The quantitative estimate of drug-likeness (QED) is 0.269. The third kappa shape index (κ3) is 4.34. The van der Waals surface area contributed by atoms with Gasteiger partial charge < -0.3 is 13.6 Å². The molecule has 0 radical (unpaired) electrons. The van der Waals surface area contributed by atoms with Crippen LogP contribution in [0.25, 0.3) is 11.6 Å². The number of rotatable bonds is 7. The number of hydrogen-bond donors (Lipinski definition) is 0. The predicted molar refractivity (Wildman–Crippen MR) is 112 cm³/mol. The van der Waals surface area contributed by atoms with E-state index in [1.54, 1.807) is 59.6 Å². The highest BCUT2D eigenvalue weighted by molar-refractivity contribution is 7.98. The Kier molecular flexibility index (Phi) is 5.94. The van der Waals surface area contributed by atoms with Gasteiger partial charge in [0.25, 0.3) is 0 Å². The number of thioether (sulfide) groups is 1. The molecule has 0 bridgehead atoms. The van der Waals surface area contributed by atoms with Crippen LogP contribution in [0.1, 0.15) is 11.5 Å². The van der Waals surface area contributed by atoms with Crippen LogP contribution in [0.3, 0.4) is 0 Å². The van der Waals surface area contributed by atoms with Crippen molar-refractivity contribution in [3.05, 3.63) is 70.3 Å². The molecular weight excluding hydrogens is 435 g/mol. The molecule has 29 heavy (non-hydrogen) atoms.